The number of hydrogen-bond donors (Lipinski definition) is 1. The molecule has 0 spiro atoms. The van der Waals surface area contributed by atoms with E-state index in [1.165, 1.54) is 5.56 Å². The third-order valence-corrected chi connectivity index (χ3v) is 5.87. The summed E-state index contributed by atoms with van der Waals surface area (Å²) in [6.45, 7) is 0.497. The number of hydrogen-bond acceptors (Lipinski definition) is 4. The van der Waals surface area contributed by atoms with Crippen LogP contribution in [0.4, 0.5) is 0 Å². The summed E-state index contributed by atoms with van der Waals surface area (Å²) in [5.41, 5.74) is 2.40. The highest BCUT2D eigenvalue weighted by atomic mass is 32.2. The standard InChI is InChI=1S/C18H19NO4S/c20-24(21,16-9-8-13-4-3-5-14(13)10-16)19-11-15-12-22-17-6-1-2-7-18(17)23-15/h1-2,6-10,15,19H,3-5,11-12H2. The van der Waals surface area contributed by atoms with E-state index >= 15 is 0 Å². The summed E-state index contributed by atoms with van der Waals surface area (Å²) in [4.78, 5) is 0.320. The zero-order valence-electron chi connectivity index (χ0n) is 13.2. The Morgan fingerprint density at radius 1 is 1.04 bits per heavy atom. The maximum absolute atomic E-state index is 12.5. The number of sulfonamides is 1. The second-order valence-corrected chi connectivity index (χ2v) is 7.90. The van der Waals surface area contributed by atoms with Crippen LogP contribution in [0, 0.1) is 0 Å². The van der Waals surface area contributed by atoms with Crippen LogP contribution in [0.15, 0.2) is 47.4 Å². The molecule has 0 radical (unpaired) electrons. The van der Waals surface area contributed by atoms with E-state index in [-0.39, 0.29) is 12.6 Å². The van der Waals surface area contributed by atoms with Crippen LogP contribution in [0.1, 0.15) is 17.5 Å². The minimum atomic E-state index is -3.54. The molecule has 2 aromatic carbocycles. The molecule has 2 aliphatic rings. The SMILES string of the molecule is O=S(=O)(NCC1COc2ccccc2O1)c1ccc2c(c1)CCC2. The molecule has 126 valence electrons. The van der Waals surface area contributed by atoms with Crippen molar-refractivity contribution in [3.8, 4) is 11.5 Å². The Labute approximate surface area is 141 Å². The monoisotopic (exact) mass is 345 g/mol. The Bertz CT molecular complexity index is 863. The van der Waals surface area contributed by atoms with Crippen LogP contribution >= 0.6 is 0 Å². The summed E-state index contributed by atoms with van der Waals surface area (Å²) in [5, 5.41) is 0. The van der Waals surface area contributed by atoms with Crippen LogP contribution in [-0.2, 0) is 22.9 Å². The number of fused-ring (bicyclic) bond motifs is 2. The Kier molecular flexibility index (Phi) is 3.94. The third-order valence-electron chi connectivity index (χ3n) is 4.45. The summed E-state index contributed by atoms with van der Waals surface area (Å²) < 4.78 is 39.1. The van der Waals surface area contributed by atoms with Crippen molar-refractivity contribution in [2.24, 2.45) is 0 Å². The summed E-state index contributed by atoms with van der Waals surface area (Å²) in [6, 6.07) is 12.8. The fraction of sp³-hybridized carbons (Fsp3) is 0.333. The fourth-order valence-corrected chi connectivity index (χ4v) is 4.28. The van der Waals surface area contributed by atoms with Gasteiger partial charge < -0.3 is 9.47 Å². The lowest BCUT2D eigenvalue weighted by atomic mass is 10.1. The van der Waals surface area contributed by atoms with Gasteiger partial charge in [-0.2, -0.15) is 0 Å². The number of aryl methyl sites for hydroxylation is 2. The predicted molar refractivity (Wildman–Crippen MR) is 90.0 cm³/mol. The van der Waals surface area contributed by atoms with Crippen molar-refractivity contribution in [1.82, 2.24) is 4.72 Å². The molecule has 4 rings (SSSR count). The zero-order chi connectivity index (χ0) is 16.6. The minimum Gasteiger partial charge on any atom is -0.486 e. The fourth-order valence-electron chi connectivity index (χ4n) is 3.17. The van der Waals surface area contributed by atoms with E-state index in [1.807, 2.05) is 30.3 Å². The Hall–Kier alpha value is -2.05. The summed E-state index contributed by atoms with van der Waals surface area (Å²) in [7, 11) is -3.54. The van der Waals surface area contributed by atoms with Gasteiger partial charge in [0.2, 0.25) is 10.0 Å². The summed E-state index contributed by atoms with van der Waals surface area (Å²) in [5.74, 6) is 1.33. The molecule has 1 unspecified atom stereocenters. The van der Waals surface area contributed by atoms with E-state index in [2.05, 4.69) is 4.72 Å². The van der Waals surface area contributed by atoms with E-state index in [0.29, 0.717) is 23.0 Å². The molecule has 0 saturated heterocycles. The Morgan fingerprint density at radius 2 is 1.83 bits per heavy atom. The predicted octanol–water partition coefficient (Wildman–Crippen LogP) is 2.29. The van der Waals surface area contributed by atoms with Crippen molar-refractivity contribution in [2.75, 3.05) is 13.2 Å². The number of rotatable bonds is 4. The van der Waals surface area contributed by atoms with Gasteiger partial charge in [0, 0.05) is 0 Å². The molecule has 0 bridgehead atoms. The van der Waals surface area contributed by atoms with Crippen LogP contribution in [0.25, 0.3) is 0 Å². The van der Waals surface area contributed by atoms with Crippen molar-refractivity contribution < 1.29 is 17.9 Å². The molecule has 6 heteroatoms. The molecule has 1 N–H and O–H groups in total. The smallest absolute Gasteiger partial charge is 0.240 e. The van der Waals surface area contributed by atoms with Crippen LogP contribution in [0.5, 0.6) is 11.5 Å². The molecular weight excluding hydrogens is 326 g/mol. The van der Waals surface area contributed by atoms with Crippen LogP contribution < -0.4 is 14.2 Å². The van der Waals surface area contributed by atoms with Gasteiger partial charge in [-0.15, -0.1) is 0 Å². The third kappa shape index (κ3) is 2.99. The molecule has 2 aromatic rings. The lowest BCUT2D eigenvalue weighted by Gasteiger charge is -2.26. The maximum atomic E-state index is 12.5. The average molecular weight is 345 g/mol. The van der Waals surface area contributed by atoms with E-state index in [9.17, 15) is 8.42 Å². The Balaban J connectivity index is 1.44. The maximum Gasteiger partial charge on any atom is 0.240 e. The first-order valence-corrected chi connectivity index (χ1v) is 9.60. The van der Waals surface area contributed by atoms with Gasteiger partial charge >= 0.3 is 0 Å². The lowest BCUT2D eigenvalue weighted by molar-refractivity contribution is 0.0943. The van der Waals surface area contributed by atoms with Gasteiger partial charge in [0.05, 0.1) is 11.4 Å². The zero-order valence-corrected chi connectivity index (χ0v) is 14.0. The number of nitrogens with one attached hydrogen (secondary N) is 1. The van der Waals surface area contributed by atoms with Gasteiger partial charge in [-0.25, -0.2) is 13.1 Å². The van der Waals surface area contributed by atoms with E-state index in [0.717, 1.165) is 24.8 Å². The molecule has 1 aliphatic heterocycles. The first-order valence-electron chi connectivity index (χ1n) is 8.12. The van der Waals surface area contributed by atoms with E-state index in [4.69, 9.17) is 9.47 Å². The van der Waals surface area contributed by atoms with Crippen molar-refractivity contribution >= 4 is 10.0 Å². The first-order chi connectivity index (χ1) is 11.6. The molecule has 0 saturated carbocycles. The van der Waals surface area contributed by atoms with Gasteiger partial charge in [-0.3, -0.25) is 0 Å². The quantitative estimate of drug-likeness (QED) is 0.923. The minimum absolute atomic E-state index is 0.174. The van der Waals surface area contributed by atoms with E-state index in [1.54, 1.807) is 12.1 Å². The molecule has 1 heterocycles. The largest absolute Gasteiger partial charge is 0.486 e. The van der Waals surface area contributed by atoms with Gasteiger partial charge in [0.15, 0.2) is 11.5 Å². The normalized spacial score (nSPS) is 19.1. The van der Waals surface area contributed by atoms with Crippen LogP contribution in [-0.4, -0.2) is 27.7 Å². The number of para-hydroxylation sites is 2. The average Bonchev–Trinajstić information content (AvgIpc) is 3.07. The van der Waals surface area contributed by atoms with Crippen LogP contribution in [0.3, 0.4) is 0 Å². The second-order valence-electron chi connectivity index (χ2n) is 6.13. The van der Waals surface area contributed by atoms with Gasteiger partial charge in [0.1, 0.15) is 12.7 Å². The topological polar surface area (TPSA) is 64.6 Å². The van der Waals surface area contributed by atoms with Crippen molar-refractivity contribution in [1.29, 1.82) is 0 Å². The van der Waals surface area contributed by atoms with E-state index < -0.39 is 10.0 Å². The van der Waals surface area contributed by atoms with Crippen LogP contribution in [0.2, 0.25) is 0 Å². The molecule has 1 aliphatic carbocycles. The van der Waals surface area contributed by atoms with Gasteiger partial charge in [-0.1, -0.05) is 18.2 Å². The highest BCUT2D eigenvalue weighted by Crippen LogP contribution is 2.31. The highest BCUT2D eigenvalue weighted by Gasteiger charge is 2.24. The highest BCUT2D eigenvalue weighted by molar-refractivity contribution is 7.89. The summed E-state index contributed by atoms with van der Waals surface area (Å²) in [6.07, 6.45) is 2.74. The van der Waals surface area contributed by atoms with Crippen molar-refractivity contribution in [3.05, 3.63) is 53.6 Å². The van der Waals surface area contributed by atoms with Gasteiger partial charge in [-0.05, 0) is 54.7 Å². The van der Waals surface area contributed by atoms with Gasteiger partial charge in [0.25, 0.3) is 0 Å². The number of ether oxygens (including phenoxy) is 2. The molecule has 5 nitrogen and oxygen atoms in total. The molecule has 0 amide bonds. The first kappa shape index (κ1) is 15.5. The lowest BCUT2D eigenvalue weighted by Crippen LogP contribution is -2.40. The molecule has 1 atom stereocenters. The Morgan fingerprint density at radius 3 is 2.71 bits per heavy atom. The van der Waals surface area contributed by atoms with Crippen molar-refractivity contribution in [2.45, 2.75) is 30.3 Å². The molecule has 24 heavy (non-hydrogen) atoms. The molecule has 0 fully saturated rings. The second kappa shape index (κ2) is 6.11. The molecule has 0 aromatic heterocycles. The summed E-state index contributed by atoms with van der Waals surface area (Å²) >= 11 is 0. The van der Waals surface area contributed by atoms with Crippen molar-refractivity contribution in [3.63, 3.8) is 0 Å². The molecular formula is C18H19NO4S. The number of benzene rings is 2.